The molecule has 1 amide bonds. The van der Waals surface area contributed by atoms with Gasteiger partial charge in [-0.3, -0.25) is 14.9 Å². The third-order valence-corrected chi connectivity index (χ3v) is 5.35. The molecule has 2 heterocycles. The van der Waals surface area contributed by atoms with Crippen molar-refractivity contribution in [3.63, 3.8) is 0 Å². The van der Waals surface area contributed by atoms with Gasteiger partial charge in [-0.25, -0.2) is 0 Å². The number of amides is 1. The van der Waals surface area contributed by atoms with Crippen molar-refractivity contribution >= 4 is 28.9 Å². The van der Waals surface area contributed by atoms with Crippen LogP contribution in [0.2, 0.25) is 5.02 Å². The first-order valence-electron chi connectivity index (χ1n) is 9.44. The van der Waals surface area contributed by atoms with Crippen LogP contribution >= 0.6 is 11.6 Å². The van der Waals surface area contributed by atoms with Crippen molar-refractivity contribution in [2.75, 3.05) is 31.1 Å². The molecule has 1 saturated heterocycles. The van der Waals surface area contributed by atoms with Crippen LogP contribution in [0.1, 0.15) is 16.1 Å². The van der Waals surface area contributed by atoms with Crippen molar-refractivity contribution in [2.45, 2.75) is 6.92 Å². The molecule has 0 aliphatic carbocycles. The number of carbonyl (C=O) groups is 1. The zero-order valence-corrected chi connectivity index (χ0v) is 17.0. The van der Waals surface area contributed by atoms with Crippen molar-refractivity contribution in [2.24, 2.45) is 0 Å². The first-order chi connectivity index (χ1) is 14.4. The Morgan fingerprint density at radius 1 is 1.10 bits per heavy atom. The number of aryl methyl sites for hydroxylation is 1. The molecular formula is C21H19ClN4O4. The Labute approximate surface area is 177 Å². The lowest BCUT2D eigenvalue weighted by Gasteiger charge is -2.35. The van der Waals surface area contributed by atoms with Crippen molar-refractivity contribution in [1.82, 2.24) is 10.1 Å². The van der Waals surface area contributed by atoms with Crippen LogP contribution in [-0.2, 0) is 0 Å². The van der Waals surface area contributed by atoms with E-state index in [0.717, 1.165) is 11.1 Å². The number of nitrogens with zero attached hydrogens (tertiary/aromatic N) is 4. The molecule has 1 fully saturated rings. The Morgan fingerprint density at radius 3 is 2.47 bits per heavy atom. The van der Waals surface area contributed by atoms with E-state index >= 15 is 0 Å². The third kappa shape index (κ3) is 3.99. The fourth-order valence-electron chi connectivity index (χ4n) is 3.45. The summed E-state index contributed by atoms with van der Waals surface area (Å²) in [5, 5.41) is 15.7. The average Bonchev–Trinajstić information content (AvgIpc) is 3.24. The first-order valence-corrected chi connectivity index (χ1v) is 9.82. The lowest BCUT2D eigenvalue weighted by atomic mass is 10.1. The number of piperazine rings is 1. The summed E-state index contributed by atoms with van der Waals surface area (Å²) >= 11 is 5.89. The Hall–Kier alpha value is -3.39. The molecule has 2 aromatic carbocycles. The fraction of sp³-hybridized carbons (Fsp3) is 0.238. The van der Waals surface area contributed by atoms with Crippen molar-refractivity contribution in [1.29, 1.82) is 0 Å². The number of hydrogen-bond acceptors (Lipinski definition) is 6. The lowest BCUT2D eigenvalue weighted by Crippen LogP contribution is -2.48. The van der Waals surface area contributed by atoms with Gasteiger partial charge in [-0.2, -0.15) is 0 Å². The molecule has 0 bridgehead atoms. The molecule has 0 saturated carbocycles. The van der Waals surface area contributed by atoms with Gasteiger partial charge in [-0.15, -0.1) is 0 Å². The van der Waals surface area contributed by atoms with Crippen molar-refractivity contribution in [3.05, 3.63) is 75.0 Å². The second-order valence-electron chi connectivity index (χ2n) is 7.11. The number of anilines is 1. The van der Waals surface area contributed by atoms with Crippen LogP contribution in [0.15, 0.2) is 53.1 Å². The molecular weight excluding hydrogens is 408 g/mol. The molecule has 1 aliphatic rings. The topological polar surface area (TPSA) is 92.7 Å². The van der Waals surface area contributed by atoms with Gasteiger partial charge >= 0.3 is 0 Å². The minimum atomic E-state index is -0.445. The minimum Gasteiger partial charge on any atom is -0.362 e. The average molecular weight is 427 g/mol. The monoisotopic (exact) mass is 426 g/mol. The summed E-state index contributed by atoms with van der Waals surface area (Å²) in [6.07, 6.45) is 0. The normalized spacial score (nSPS) is 14.1. The maximum atomic E-state index is 12.8. The highest BCUT2D eigenvalue weighted by Crippen LogP contribution is 2.32. The van der Waals surface area contributed by atoms with Crippen LogP contribution in [0.25, 0.3) is 11.3 Å². The van der Waals surface area contributed by atoms with Gasteiger partial charge in [0.05, 0.1) is 4.92 Å². The zero-order chi connectivity index (χ0) is 21.3. The highest BCUT2D eigenvalue weighted by molar-refractivity contribution is 6.30. The van der Waals surface area contributed by atoms with Crippen molar-refractivity contribution in [3.8, 4) is 11.3 Å². The van der Waals surface area contributed by atoms with Crippen LogP contribution in [0.4, 0.5) is 11.4 Å². The summed E-state index contributed by atoms with van der Waals surface area (Å²) in [5.41, 5.74) is 3.08. The van der Waals surface area contributed by atoms with Crippen LogP contribution in [0.5, 0.6) is 0 Å². The van der Waals surface area contributed by atoms with Gasteiger partial charge in [0.2, 0.25) is 5.76 Å². The predicted molar refractivity (Wildman–Crippen MR) is 113 cm³/mol. The van der Waals surface area contributed by atoms with Gasteiger partial charge < -0.3 is 14.3 Å². The Kier molecular flexibility index (Phi) is 5.41. The molecule has 0 atom stereocenters. The van der Waals surface area contributed by atoms with E-state index in [4.69, 9.17) is 16.1 Å². The highest BCUT2D eigenvalue weighted by Gasteiger charge is 2.28. The predicted octanol–water partition coefficient (Wildman–Crippen LogP) is 4.17. The van der Waals surface area contributed by atoms with Crippen LogP contribution in [0.3, 0.4) is 0 Å². The number of halogens is 1. The molecule has 30 heavy (non-hydrogen) atoms. The summed E-state index contributed by atoms with van der Waals surface area (Å²) in [6, 6.07) is 14.1. The minimum absolute atomic E-state index is 0.0414. The number of nitro groups is 1. The summed E-state index contributed by atoms with van der Waals surface area (Å²) in [6.45, 7) is 3.76. The molecule has 9 heteroatoms. The Morgan fingerprint density at radius 2 is 1.80 bits per heavy atom. The Bertz CT molecular complexity index is 1090. The van der Waals surface area contributed by atoms with Crippen LogP contribution < -0.4 is 4.90 Å². The fourth-order valence-corrected chi connectivity index (χ4v) is 3.62. The van der Waals surface area contributed by atoms with E-state index in [1.54, 1.807) is 23.1 Å². The van der Waals surface area contributed by atoms with E-state index in [1.807, 2.05) is 36.1 Å². The summed E-state index contributed by atoms with van der Waals surface area (Å²) < 4.78 is 5.28. The quantitative estimate of drug-likeness (QED) is 0.459. The second kappa shape index (κ2) is 8.16. The van der Waals surface area contributed by atoms with E-state index in [2.05, 4.69) is 5.16 Å². The number of hydrogen-bond donors (Lipinski definition) is 0. The molecule has 8 nitrogen and oxygen atoms in total. The maximum Gasteiger partial charge on any atom is 0.294 e. The van der Waals surface area contributed by atoms with Gasteiger partial charge in [0.1, 0.15) is 11.4 Å². The molecule has 154 valence electrons. The smallest absolute Gasteiger partial charge is 0.294 e. The van der Waals surface area contributed by atoms with Gasteiger partial charge in [-0.1, -0.05) is 46.6 Å². The maximum absolute atomic E-state index is 12.8. The number of aromatic nitrogens is 1. The van der Waals surface area contributed by atoms with Gasteiger partial charge in [0.25, 0.3) is 11.6 Å². The van der Waals surface area contributed by atoms with E-state index in [-0.39, 0.29) is 17.4 Å². The van der Waals surface area contributed by atoms with Crippen molar-refractivity contribution < 1.29 is 14.2 Å². The second-order valence-corrected chi connectivity index (χ2v) is 7.55. The zero-order valence-electron chi connectivity index (χ0n) is 16.2. The van der Waals surface area contributed by atoms with Crippen LogP contribution in [-0.4, -0.2) is 47.1 Å². The molecule has 0 N–H and O–H groups in total. The molecule has 1 aromatic heterocycles. The van der Waals surface area contributed by atoms with E-state index < -0.39 is 4.92 Å². The molecule has 1 aliphatic heterocycles. The molecule has 4 rings (SSSR count). The standard InChI is InChI=1S/C21H19ClN4O4/c1-14-2-4-15(5-3-14)17-13-20(30-23-17)21(27)25-10-8-24(9-11-25)18-7-6-16(22)12-19(18)26(28)29/h2-7,12-13H,8-11H2,1H3. The SMILES string of the molecule is Cc1ccc(-c2cc(C(=O)N3CCN(c4ccc(Cl)cc4[N+](=O)[O-])CC3)on2)cc1. The number of nitro benzene ring substituents is 1. The number of rotatable bonds is 4. The Balaban J connectivity index is 1.44. The summed E-state index contributed by atoms with van der Waals surface area (Å²) in [5.74, 6) is -0.0670. The number of carbonyl (C=O) groups excluding carboxylic acids is 1. The first kappa shape index (κ1) is 19.9. The van der Waals surface area contributed by atoms with Crippen LogP contribution in [0, 0.1) is 17.0 Å². The van der Waals surface area contributed by atoms with E-state index in [9.17, 15) is 14.9 Å². The lowest BCUT2D eigenvalue weighted by molar-refractivity contribution is -0.384. The van der Waals surface area contributed by atoms with E-state index in [0.29, 0.717) is 42.6 Å². The molecule has 3 aromatic rings. The van der Waals surface area contributed by atoms with E-state index in [1.165, 1.54) is 6.07 Å². The summed E-state index contributed by atoms with van der Waals surface area (Å²) in [7, 11) is 0. The molecule has 0 unspecified atom stereocenters. The highest BCUT2D eigenvalue weighted by atomic mass is 35.5. The molecule has 0 spiro atoms. The molecule has 0 radical (unpaired) electrons. The van der Waals surface area contributed by atoms with Gasteiger partial charge in [0.15, 0.2) is 0 Å². The third-order valence-electron chi connectivity index (χ3n) is 5.11. The summed E-state index contributed by atoms with van der Waals surface area (Å²) in [4.78, 5) is 27.3. The van der Waals surface area contributed by atoms with Gasteiger partial charge in [0, 0.05) is 48.9 Å². The van der Waals surface area contributed by atoms with Gasteiger partial charge in [-0.05, 0) is 19.1 Å². The number of benzene rings is 2. The largest absolute Gasteiger partial charge is 0.362 e.